The SMILES string of the molecule is Clc1ccc(CSCCCBr)o1. The van der Waals surface area contributed by atoms with Crippen molar-refractivity contribution < 1.29 is 4.42 Å². The van der Waals surface area contributed by atoms with Gasteiger partial charge in [0.15, 0.2) is 5.22 Å². The molecule has 1 aromatic heterocycles. The van der Waals surface area contributed by atoms with Crippen LogP contribution in [0, 0.1) is 0 Å². The lowest BCUT2D eigenvalue weighted by Gasteiger charge is -1.95. The molecule has 0 N–H and O–H groups in total. The zero-order valence-corrected chi connectivity index (χ0v) is 9.71. The van der Waals surface area contributed by atoms with Crippen molar-refractivity contribution in [1.82, 2.24) is 0 Å². The third-order valence-corrected chi connectivity index (χ3v) is 3.13. The molecule has 0 saturated carbocycles. The molecule has 0 radical (unpaired) electrons. The lowest BCUT2D eigenvalue weighted by Crippen LogP contribution is -1.81. The Morgan fingerprint density at radius 2 is 2.33 bits per heavy atom. The molecular weight excluding hydrogens is 260 g/mol. The Labute approximate surface area is 90.0 Å². The number of rotatable bonds is 5. The van der Waals surface area contributed by atoms with Crippen LogP contribution >= 0.6 is 39.3 Å². The monoisotopic (exact) mass is 268 g/mol. The van der Waals surface area contributed by atoms with Gasteiger partial charge in [0.1, 0.15) is 5.76 Å². The van der Waals surface area contributed by atoms with Crippen LogP contribution in [0.3, 0.4) is 0 Å². The minimum absolute atomic E-state index is 0.478. The third-order valence-electron chi connectivity index (χ3n) is 1.30. The molecular formula is C8H10BrClOS. The lowest BCUT2D eigenvalue weighted by molar-refractivity contribution is 0.532. The molecule has 0 aliphatic heterocycles. The van der Waals surface area contributed by atoms with Crippen molar-refractivity contribution in [2.75, 3.05) is 11.1 Å². The molecule has 0 amide bonds. The Balaban J connectivity index is 2.15. The second-order valence-corrected chi connectivity index (χ2v) is 4.57. The highest BCUT2D eigenvalue weighted by Crippen LogP contribution is 2.18. The average molecular weight is 270 g/mol. The summed E-state index contributed by atoms with van der Waals surface area (Å²) < 4.78 is 5.20. The Kier molecular flexibility index (Phi) is 5.19. The van der Waals surface area contributed by atoms with E-state index in [2.05, 4.69) is 15.9 Å². The zero-order valence-electron chi connectivity index (χ0n) is 6.56. The summed E-state index contributed by atoms with van der Waals surface area (Å²) in [6.07, 6.45) is 1.19. The molecule has 0 aliphatic carbocycles. The predicted octanol–water partition coefficient (Wildman–Crippen LogP) is 3.95. The number of hydrogen-bond donors (Lipinski definition) is 0. The van der Waals surface area contributed by atoms with Gasteiger partial charge in [-0.15, -0.1) is 0 Å². The van der Waals surface area contributed by atoms with Crippen LogP contribution in [0.5, 0.6) is 0 Å². The second kappa shape index (κ2) is 5.95. The first-order valence-corrected chi connectivity index (χ1v) is 6.36. The summed E-state index contributed by atoms with van der Waals surface area (Å²) in [5.74, 6) is 3.03. The molecule has 4 heteroatoms. The highest BCUT2D eigenvalue weighted by Gasteiger charge is 1.98. The maximum absolute atomic E-state index is 5.62. The van der Waals surface area contributed by atoms with Crippen LogP contribution < -0.4 is 0 Å². The molecule has 0 saturated heterocycles. The molecule has 1 heterocycles. The van der Waals surface area contributed by atoms with E-state index in [1.54, 1.807) is 6.07 Å². The van der Waals surface area contributed by atoms with Gasteiger partial charge >= 0.3 is 0 Å². The van der Waals surface area contributed by atoms with Gasteiger partial charge < -0.3 is 4.42 Å². The van der Waals surface area contributed by atoms with Crippen molar-refractivity contribution in [2.24, 2.45) is 0 Å². The standard InChI is InChI=1S/C8H10BrClOS/c9-4-1-5-12-6-7-2-3-8(10)11-7/h2-3H,1,4-6H2. The topological polar surface area (TPSA) is 13.1 Å². The smallest absolute Gasteiger partial charge is 0.193 e. The lowest BCUT2D eigenvalue weighted by atomic mass is 10.5. The number of halogens is 2. The van der Waals surface area contributed by atoms with Gasteiger partial charge in [0.25, 0.3) is 0 Å². The first-order valence-electron chi connectivity index (χ1n) is 3.71. The fourth-order valence-electron chi connectivity index (χ4n) is 0.759. The summed E-state index contributed by atoms with van der Waals surface area (Å²) in [6.45, 7) is 0. The van der Waals surface area contributed by atoms with Gasteiger partial charge in [-0.25, -0.2) is 0 Å². The van der Waals surface area contributed by atoms with Gasteiger partial charge in [-0.05, 0) is 35.9 Å². The van der Waals surface area contributed by atoms with E-state index < -0.39 is 0 Å². The van der Waals surface area contributed by atoms with Gasteiger partial charge in [0.2, 0.25) is 0 Å². The summed E-state index contributed by atoms with van der Waals surface area (Å²) in [5, 5.41) is 1.55. The molecule has 0 aliphatic rings. The van der Waals surface area contributed by atoms with E-state index in [0.29, 0.717) is 5.22 Å². The van der Waals surface area contributed by atoms with Gasteiger partial charge in [-0.1, -0.05) is 15.9 Å². The molecule has 68 valence electrons. The predicted molar refractivity (Wildman–Crippen MR) is 58.3 cm³/mol. The summed E-state index contributed by atoms with van der Waals surface area (Å²) in [7, 11) is 0. The fourth-order valence-corrected chi connectivity index (χ4v) is 2.42. The van der Waals surface area contributed by atoms with E-state index in [0.717, 1.165) is 22.6 Å². The van der Waals surface area contributed by atoms with Crippen molar-refractivity contribution >= 4 is 39.3 Å². The Morgan fingerprint density at radius 3 is 2.92 bits per heavy atom. The van der Waals surface area contributed by atoms with Crippen LogP contribution in [0.4, 0.5) is 0 Å². The van der Waals surface area contributed by atoms with Crippen LogP contribution in [0.2, 0.25) is 5.22 Å². The van der Waals surface area contributed by atoms with Crippen molar-refractivity contribution in [3.8, 4) is 0 Å². The maximum atomic E-state index is 5.62. The van der Waals surface area contributed by atoms with E-state index in [1.807, 2.05) is 17.8 Å². The Hall–Kier alpha value is 0.400. The van der Waals surface area contributed by atoms with Crippen LogP contribution in [-0.2, 0) is 5.75 Å². The largest absolute Gasteiger partial charge is 0.449 e. The zero-order chi connectivity index (χ0) is 8.81. The Bertz CT molecular complexity index is 227. The fraction of sp³-hybridized carbons (Fsp3) is 0.500. The highest BCUT2D eigenvalue weighted by molar-refractivity contribution is 9.09. The van der Waals surface area contributed by atoms with Crippen molar-refractivity contribution in [3.05, 3.63) is 23.1 Å². The molecule has 1 rings (SSSR count). The molecule has 1 nitrogen and oxygen atoms in total. The maximum Gasteiger partial charge on any atom is 0.193 e. The van der Waals surface area contributed by atoms with Crippen LogP contribution in [-0.4, -0.2) is 11.1 Å². The van der Waals surface area contributed by atoms with Gasteiger partial charge in [-0.3, -0.25) is 0 Å². The minimum Gasteiger partial charge on any atom is -0.449 e. The van der Waals surface area contributed by atoms with Crippen LogP contribution in [0.1, 0.15) is 12.2 Å². The number of hydrogen-bond acceptors (Lipinski definition) is 2. The quantitative estimate of drug-likeness (QED) is 0.593. The number of thioether (sulfide) groups is 1. The normalized spacial score (nSPS) is 10.5. The number of furan rings is 1. The molecule has 0 bridgehead atoms. The molecule has 0 fully saturated rings. The van der Waals surface area contributed by atoms with Crippen molar-refractivity contribution in [3.63, 3.8) is 0 Å². The summed E-state index contributed by atoms with van der Waals surface area (Å²) in [4.78, 5) is 0. The third kappa shape index (κ3) is 3.87. The van der Waals surface area contributed by atoms with Crippen LogP contribution in [0.15, 0.2) is 16.5 Å². The molecule has 0 atom stereocenters. The van der Waals surface area contributed by atoms with E-state index in [1.165, 1.54) is 6.42 Å². The van der Waals surface area contributed by atoms with Gasteiger partial charge in [0, 0.05) is 5.33 Å². The molecule has 0 unspecified atom stereocenters. The first-order chi connectivity index (χ1) is 5.83. The molecule has 12 heavy (non-hydrogen) atoms. The Morgan fingerprint density at radius 1 is 1.50 bits per heavy atom. The van der Waals surface area contributed by atoms with Gasteiger partial charge in [-0.2, -0.15) is 11.8 Å². The van der Waals surface area contributed by atoms with E-state index in [4.69, 9.17) is 16.0 Å². The minimum atomic E-state index is 0.478. The highest BCUT2D eigenvalue weighted by atomic mass is 79.9. The average Bonchev–Trinajstić information content (AvgIpc) is 2.45. The van der Waals surface area contributed by atoms with E-state index >= 15 is 0 Å². The second-order valence-electron chi connectivity index (χ2n) is 2.30. The van der Waals surface area contributed by atoms with Crippen molar-refractivity contribution in [2.45, 2.75) is 12.2 Å². The summed E-state index contributed by atoms with van der Waals surface area (Å²) >= 11 is 10.9. The van der Waals surface area contributed by atoms with Crippen molar-refractivity contribution in [1.29, 1.82) is 0 Å². The van der Waals surface area contributed by atoms with E-state index in [9.17, 15) is 0 Å². The van der Waals surface area contributed by atoms with E-state index in [-0.39, 0.29) is 0 Å². The summed E-state index contributed by atoms with van der Waals surface area (Å²) in [6, 6.07) is 3.70. The number of alkyl halides is 1. The van der Waals surface area contributed by atoms with Gasteiger partial charge in [0.05, 0.1) is 5.75 Å². The molecule has 0 aromatic carbocycles. The first kappa shape index (κ1) is 10.5. The molecule has 1 aromatic rings. The molecule has 0 spiro atoms. The van der Waals surface area contributed by atoms with Crippen LogP contribution in [0.25, 0.3) is 0 Å². The summed E-state index contributed by atoms with van der Waals surface area (Å²) in [5.41, 5.74) is 0.